The number of carbonyl (C=O) groups is 1. The van der Waals surface area contributed by atoms with Crippen LogP contribution in [-0.2, 0) is 9.53 Å². The quantitative estimate of drug-likeness (QED) is 0.505. The number of hydrogen-bond acceptors (Lipinski definition) is 3. The summed E-state index contributed by atoms with van der Waals surface area (Å²) in [7, 11) is 1.98. The number of likely N-dealkylation sites (N-methyl/N-ethyl adjacent to an activating group) is 1. The average Bonchev–Trinajstić information content (AvgIpc) is 2.03. The molecule has 0 atom stereocenters. The van der Waals surface area contributed by atoms with Crippen LogP contribution in [0.25, 0.3) is 0 Å². The molecule has 0 aliphatic rings. The number of carbonyl (C=O) groups excluding carboxylic acids is 1. The van der Waals surface area contributed by atoms with Gasteiger partial charge in [0.2, 0.25) is 0 Å². The molecule has 0 amide bonds. The summed E-state index contributed by atoms with van der Waals surface area (Å²) in [5.41, 5.74) is 0.453. The summed E-state index contributed by atoms with van der Waals surface area (Å²) >= 11 is 0. The zero-order chi connectivity index (χ0) is 9.56. The maximum atomic E-state index is 10.9. The lowest BCUT2D eigenvalue weighted by Crippen LogP contribution is -2.24. The molecular weight excluding hydrogens is 190 g/mol. The maximum Gasteiger partial charge on any atom is 0.333 e. The molecule has 78 valence electrons. The fourth-order valence-electron chi connectivity index (χ4n) is 0.575. The van der Waals surface area contributed by atoms with Crippen molar-refractivity contribution in [2.24, 2.45) is 0 Å². The van der Waals surface area contributed by atoms with Gasteiger partial charge < -0.3 is 9.64 Å². The van der Waals surface area contributed by atoms with Gasteiger partial charge in [-0.05, 0) is 20.5 Å². The van der Waals surface area contributed by atoms with Crippen LogP contribution in [0.3, 0.4) is 0 Å². The van der Waals surface area contributed by atoms with Gasteiger partial charge in [0.1, 0.15) is 6.61 Å². The van der Waals surface area contributed by atoms with Gasteiger partial charge in [-0.3, -0.25) is 0 Å². The van der Waals surface area contributed by atoms with Gasteiger partial charge in [0, 0.05) is 12.1 Å². The molecule has 0 aliphatic heterocycles. The van der Waals surface area contributed by atoms with Crippen molar-refractivity contribution >= 4 is 18.4 Å². The van der Waals surface area contributed by atoms with E-state index in [2.05, 4.69) is 18.4 Å². The van der Waals surface area contributed by atoms with Crippen LogP contribution in [0, 0.1) is 0 Å². The highest BCUT2D eigenvalue weighted by Gasteiger charge is 2.02. The topological polar surface area (TPSA) is 29.5 Å². The van der Waals surface area contributed by atoms with Crippen molar-refractivity contribution in [1.29, 1.82) is 0 Å². The first-order chi connectivity index (χ1) is 5.57. The minimum atomic E-state index is -0.306. The first-order valence-corrected chi connectivity index (χ1v) is 4.09. The van der Waals surface area contributed by atoms with Gasteiger partial charge in [0.15, 0.2) is 0 Å². The van der Waals surface area contributed by atoms with Gasteiger partial charge in [0.25, 0.3) is 0 Å². The monoisotopic (exact) mass is 207 g/mol. The largest absolute Gasteiger partial charge is 0.461 e. The van der Waals surface area contributed by atoms with Crippen molar-refractivity contribution in [1.82, 2.24) is 4.90 Å². The lowest BCUT2D eigenvalue weighted by Gasteiger charge is -2.13. The second kappa shape index (κ2) is 8.08. The predicted molar refractivity (Wildman–Crippen MR) is 56.2 cm³/mol. The molecule has 0 N–H and O–H groups in total. The Hall–Kier alpha value is -0.540. The van der Waals surface area contributed by atoms with Crippen molar-refractivity contribution < 1.29 is 9.53 Å². The molecule has 0 heterocycles. The Balaban J connectivity index is 0. The summed E-state index contributed by atoms with van der Waals surface area (Å²) in [5, 5.41) is 0. The fraction of sp³-hybridized carbons (Fsp3) is 0.667. The molecular formula is C9H18ClNO2. The summed E-state index contributed by atoms with van der Waals surface area (Å²) in [4.78, 5) is 12.9. The predicted octanol–water partition coefficient (Wildman–Crippen LogP) is 1.48. The Bertz CT molecular complexity index is 171. The lowest BCUT2D eigenvalue weighted by molar-refractivity contribution is -0.139. The third-order valence-electron chi connectivity index (χ3n) is 1.59. The molecule has 4 heteroatoms. The van der Waals surface area contributed by atoms with Gasteiger partial charge in [-0.1, -0.05) is 13.5 Å². The van der Waals surface area contributed by atoms with Crippen LogP contribution in [0.5, 0.6) is 0 Å². The van der Waals surface area contributed by atoms with Crippen LogP contribution in [-0.4, -0.2) is 37.6 Å². The van der Waals surface area contributed by atoms with E-state index in [1.54, 1.807) is 6.92 Å². The van der Waals surface area contributed by atoms with E-state index in [1.165, 1.54) is 0 Å². The zero-order valence-corrected chi connectivity index (χ0v) is 9.32. The van der Waals surface area contributed by atoms with Crippen molar-refractivity contribution in [2.75, 3.05) is 26.7 Å². The van der Waals surface area contributed by atoms with Gasteiger partial charge >= 0.3 is 5.97 Å². The molecule has 3 nitrogen and oxygen atoms in total. The van der Waals surface area contributed by atoms with Crippen molar-refractivity contribution in [3.63, 3.8) is 0 Å². The highest BCUT2D eigenvalue weighted by atomic mass is 35.5. The number of esters is 1. The highest BCUT2D eigenvalue weighted by Crippen LogP contribution is 1.91. The number of ether oxygens (including phenoxy) is 1. The Kier molecular flexibility index (Phi) is 9.29. The van der Waals surface area contributed by atoms with Gasteiger partial charge in [-0.2, -0.15) is 0 Å². The minimum absolute atomic E-state index is 0. The van der Waals surface area contributed by atoms with Crippen LogP contribution in [0.2, 0.25) is 0 Å². The summed E-state index contributed by atoms with van der Waals surface area (Å²) in [6.45, 7) is 9.36. The molecule has 0 unspecified atom stereocenters. The lowest BCUT2D eigenvalue weighted by atomic mass is 10.4. The van der Waals surface area contributed by atoms with Crippen LogP contribution >= 0.6 is 12.4 Å². The normalized spacial score (nSPS) is 9.23. The maximum absolute atomic E-state index is 10.9. The number of rotatable bonds is 5. The molecule has 0 saturated carbocycles. The van der Waals surface area contributed by atoms with Crippen LogP contribution in [0.1, 0.15) is 13.8 Å². The number of hydrogen-bond donors (Lipinski definition) is 0. The molecule has 13 heavy (non-hydrogen) atoms. The minimum Gasteiger partial charge on any atom is -0.461 e. The van der Waals surface area contributed by atoms with Gasteiger partial charge in [-0.15, -0.1) is 12.4 Å². The van der Waals surface area contributed by atoms with Crippen LogP contribution < -0.4 is 0 Å². The third-order valence-corrected chi connectivity index (χ3v) is 1.59. The molecule has 0 aromatic rings. The molecule has 0 aromatic carbocycles. The Morgan fingerprint density at radius 2 is 2.08 bits per heavy atom. The third kappa shape index (κ3) is 7.81. The second-order valence-corrected chi connectivity index (χ2v) is 2.81. The molecule has 0 spiro atoms. The highest BCUT2D eigenvalue weighted by molar-refractivity contribution is 5.86. The van der Waals surface area contributed by atoms with E-state index in [9.17, 15) is 4.79 Å². The van der Waals surface area contributed by atoms with Gasteiger partial charge in [-0.25, -0.2) is 4.79 Å². The first kappa shape index (κ1) is 15.0. The molecule has 0 saturated heterocycles. The Labute approximate surface area is 86.2 Å². The number of halogens is 1. The van der Waals surface area contributed by atoms with Crippen LogP contribution in [0.4, 0.5) is 0 Å². The molecule has 0 radical (unpaired) electrons. The molecule has 0 aromatic heterocycles. The molecule has 0 rings (SSSR count). The number of nitrogens with zero attached hydrogens (tertiary/aromatic N) is 1. The molecule has 0 fully saturated rings. The molecule has 0 aliphatic carbocycles. The van der Waals surface area contributed by atoms with Crippen LogP contribution in [0.15, 0.2) is 12.2 Å². The summed E-state index contributed by atoms with van der Waals surface area (Å²) in [6, 6.07) is 0. The van der Waals surface area contributed by atoms with E-state index in [4.69, 9.17) is 4.74 Å². The summed E-state index contributed by atoms with van der Waals surface area (Å²) in [5.74, 6) is -0.306. The standard InChI is InChI=1S/C9H17NO2.ClH/c1-5-10(4)6-7-12-9(11)8(2)3;/h2,5-7H2,1,3-4H3;1H. The molecule has 0 bridgehead atoms. The van der Waals surface area contributed by atoms with E-state index in [0.717, 1.165) is 13.1 Å². The summed E-state index contributed by atoms with van der Waals surface area (Å²) < 4.78 is 4.90. The van der Waals surface area contributed by atoms with E-state index < -0.39 is 0 Å². The van der Waals surface area contributed by atoms with E-state index in [-0.39, 0.29) is 18.4 Å². The Morgan fingerprint density at radius 1 is 1.54 bits per heavy atom. The average molecular weight is 208 g/mol. The van der Waals surface area contributed by atoms with Crippen molar-refractivity contribution in [3.8, 4) is 0 Å². The second-order valence-electron chi connectivity index (χ2n) is 2.81. The van der Waals surface area contributed by atoms with Gasteiger partial charge in [0.05, 0.1) is 0 Å². The van der Waals surface area contributed by atoms with Crippen molar-refractivity contribution in [2.45, 2.75) is 13.8 Å². The summed E-state index contributed by atoms with van der Waals surface area (Å²) in [6.07, 6.45) is 0. The zero-order valence-electron chi connectivity index (χ0n) is 8.50. The fourth-order valence-corrected chi connectivity index (χ4v) is 0.575. The van der Waals surface area contributed by atoms with E-state index in [0.29, 0.717) is 12.2 Å². The van der Waals surface area contributed by atoms with E-state index >= 15 is 0 Å². The van der Waals surface area contributed by atoms with E-state index in [1.807, 2.05) is 7.05 Å². The SMILES string of the molecule is C=C(C)C(=O)OCCN(C)CC.Cl. The smallest absolute Gasteiger partial charge is 0.333 e. The first-order valence-electron chi connectivity index (χ1n) is 4.09. The van der Waals surface area contributed by atoms with Crippen molar-refractivity contribution in [3.05, 3.63) is 12.2 Å². The Morgan fingerprint density at radius 3 is 2.46 bits per heavy atom.